The third-order valence-electron chi connectivity index (χ3n) is 5.62. The highest BCUT2D eigenvalue weighted by molar-refractivity contribution is 6.11. The van der Waals surface area contributed by atoms with Crippen LogP contribution in [0.3, 0.4) is 0 Å². The van der Waals surface area contributed by atoms with Gasteiger partial charge in [0, 0.05) is 30.1 Å². The first-order valence-electron chi connectivity index (χ1n) is 10.5. The molecule has 0 saturated carbocycles. The first-order valence-corrected chi connectivity index (χ1v) is 10.5. The average Bonchev–Trinajstić information content (AvgIpc) is 3.20. The van der Waals surface area contributed by atoms with Crippen molar-refractivity contribution in [2.75, 3.05) is 5.32 Å². The largest absolute Gasteiger partial charge is 0.320 e. The van der Waals surface area contributed by atoms with Crippen molar-refractivity contribution in [3.05, 3.63) is 41.6 Å². The van der Waals surface area contributed by atoms with Crippen molar-refractivity contribution < 1.29 is 4.79 Å². The predicted molar refractivity (Wildman–Crippen MR) is 116 cm³/mol. The number of fused-ring (bicyclic) bond motifs is 4. The molecule has 1 aliphatic rings. The molecule has 4 aromatic heterocycles. The van der Waals surface area contributed by atoms with Crippen LogP contribution < -0.4 is 5.32 Å². The van der Waals surface area contributed by atoms with Crippen LogP contribution in [0, 0.1) is 6.92 Å². The summed E-state index contributed by atoms with van der Waals surface area (Å²) in [7, 11) is 0. The van der Waals surface area contributed by atoms with Crippen molar-refractivity contribution in [1.82, 2.24) is 29.3 Å². The lowest BCUT2D eigenvalue weighted by Crippen LogP contribution is -2.14. The van der Waals surface area contributed by atoms with E-state index in [-0.39, 0.29) is 11.9 Å². The number of hydrogen-bond donors (Lipinski definition) is 1. The zero-order chi connectivity index (χ0) is 20.8. The maximum Gasteiger partial charge on any atom is 0.258 e. The fourth-order valence-electron chi connectivity index (χ4n) is 4.17. The van der Waals surface area contributed by atoms with E-state index in [1.165, 1.54) is 6.42 Å². The second kappa shape index (κ2) is 7.19. The number of aryl methyl sites for hydroxylation is 3. The van der Waals surface area contributed by atoms with Crippen LogP contribution in [0.5, 0.6) is 0 Å². The molecule has 0 unspecified atom stereocenters. The van der Waals surface area contributed by atoms with E-state index >= 15 is 0 Å². The molecular weight excluding hydrogens is 378 g/mol. The summed E-state index contributed by atoms with van der Waals surface area (Å²) < 4.78 is 4.05. The van der Waals surface area contributed by atoms with Gasteiger partial charge in [0.25, 0.3) is 5.91 Å². The van der Waals surface area contributed by atoms with Gasteiger partial charge in [0.05, 0.1) is 23.6 Å². The molecule has 0 radical (unpaired) electrons. The van der Waals surface area contributed by atoms with Gasteiger partial charge in [-0.1, -0.05) is 6.42 Å². The Morgan fingerprint density at radius 2 is 1.97 bits per heavy atom. The summed E-state index contributed by atoms with van der Waals surface area (Å²) in [6.07, 6.45) is 7.82. The van der Waals surface area contributed by atoms with E-state index in [9.17, 15) is 4.79 Å². The summed E-state index contributed by atoms with van der Waals surface area (Å²) in [4.78, 5) is 27.2. The van der Waals surface area contributed by atoms with E-state index in [1.807, 2.05) is 23.7 Å². The Bertz CT molecular complexity index is 1270. The predicted octanol–water partition coefficient (Wildman–Crippen LogP) is 4.04. The van der Waals surface area contributed by atoms with Gasteiger partial charge in [0.2, 0.25) is 0 Å². The molecule has 1 aliphatic heterocycles. The molecule has 4 aromatic rings. The van der Waals surface area contributed by atoms with Gasteiger partial charge in [-0.15, -0.1) is 0 Å². The monoisotopic (exact) mass is 403 g/mol. The van der Waals surface area contributed by atoms with Crippen LogP contribution in [0.4, 0.5) is 5.69 Å². The number of hydrogen-bond acceptors (Lipinski definition) is 5. The Balaban J connectivity index is 1.51. The van der Waals surface area contributed by atoms with Gasteiger partial charge < -0.3 is 9.88 Å². The summed E-state index contributed by atoms with van der Waals surface area (Å²) in [5.74, 6) is 0.829. The van der Waals surface area contributed by atoms with Crippen molar-refractivity contribution >= 4 is 33.8 Å². The number of carbonyl (C=O) groups excluding carboxylic acids is 1. The zero-order valence-corrected chi connectivity index (χ0v) is 17.5. The summed E-state index contributed by atoms with van der Waals surface area (Å²) in [5, 5.41) is 8.27. The fraction of sp³-hybridized carbons (Fsp3) is 0.409. The fourth-order valence-corrected chi connectivity index (χ4v) is 4.17. The van der Waals surface area contributed by atoms with Gasteiger partial charge in [-0.05, 0) is 45.7 Å². The highest BCUT2D eigenvalue weighted by Crippen LogP contribution is 2.25. The van der Waals surface area contributed by atoms with Crippen molar-refractivity contribution in [1.29, 1.82) is 0 Å². The zero-order valence-electron chi connectivity index (χ0n) is 17.5. The molecule has 5 rings (SSSR count). The maximum atomic E-state index is 13.2. The molecule has 0 aromatic carbocycles. The normalized spacial score (nSPS) is 14.3. The molecule has 0 bridgehead atoms. The molecule has 1 amide bonds. The highest BCUT2D eigenvalue weighted by Gasteiger charge is 2.21. The molecule has 0 atom stereocenters. The Morgan fingerprint density at radius 1 is 1.10 bits per heavy atom. The Labute approximate surface area is 174 Å². The molecule has 0 saturated heterocycles. The van der Waals surface area contributed by atoms with Crippen LogP contribution in [0.15, 0.2) is 24.5 Å². The molecule has 30 heavy (non-hydrogen) atoms. The number of nitrogens with zero attached hydrogens (tertiary/aromatic N) is 6. The van der Waals surface area contributed by atoms with Gasteiger partial charge in [-0.2, -0.15) is 5.10 Å². The topological polar surface area (TPSA) is 90.5 Å². The van der Waals surface area contributed by atoms with Crippen molar-refractivity contribution in [2.45, 2.75) is 59.0 Å². The second-order valence-electron chi connectivity index (χ2n) is 8.25. The van der Waals surface area contributed by atoms with Gasteiger partial charge in [0.1, 0.15) is 11.3 Å². The molecule has 0 fully saturated rings. The van der Waals surface area contributed by atoms with E-state index in [4.69, 9.17) is 9.97 Å². The lowest BCUT2D eigenvalue weighted by atomic mass is 10.2. The molecule has 154 valence electrons. The first kappa shape index (κ1) is 18.7. The number of amides is 1. The number of nitrogens with one attached hydrogen (secondary N) is 1. The standard InChI is InChI=1S/C22H25N7O/c1-13(2)29-20-15(11-24-29)10-16(12-23-20)26-22(30)17-9-14(3)25-21-19(17)27-18-7-5-4-6-8-28(18)21/h9-13H,4-8H2,1-3H3,(H,26,30). The minimum Gasteiger partial charge on any atom is -0.320 e. The number of imidazole rings is 1. The van der Waals surface area contributed by atoms with Crippen LogP contribution in [0.2, 0.25) is 0 Å². The number of aromatic nitrogens is 6. The molecule has 1 N–H and O–H groups in total. The lowest BCUT2D eigenvalue weighted by Gasteiger charge is -2.09. The third kappa shape index (κ3) is 3.12. The molecule has 8 heteroatoms. The van der Waals surface area contributed by atoms with E-state index in [2.05, 4.69) is 33.8 Å². The molecule has 0 spiro atoms. The van der Waals surface area contributed by atoms with Crippen molar-refractivity contribution in [3.8, 4) is 0 Å². The Kier molecular flexibility index (Phi) is 4.49. The van der Waals surface area contributed by atoms with Gasteiger partial charge in [-0.3, -0.25) is 4.79 Å². The molecular formula is C22H25N7O. The minimum atomic E-state index is -0.198. The Hall–Kier alpha value is -3.29. The van der Waals surface area contributed by atoms with Crippen LogP contribution >= 0.6 is 0 Å². The van der Waals surface area contributed by atoms with E-state index < -0.39 is 0 Å². The summed E-state index contributed by atoms with van der Waals surface area (Å²) in [6, 6.07) is 3.94. The third-order valence-corrected chi connectivity index (χ3v) is 5.62. The van der Waals surface area contributed by atoms with Crippen molar-refractivity contribution in [3.63, 3.8) is 0 Å². The van der Waals surface area contributed by atoms with E-state index in [0.717, 1.165) is 54.0 Å². The van der Waals surface area contributed by atoms with Crippen LogP contribution in [0.1, 0.15) is 61.0 Å². The van der Waals surface area contributed by atoms with Crippen LogP contribution in [-0.4, -0.2) is 35.2 Å². The Morgan fingerprint density at radius 3 is 2.80 bits per heavy atom. The summed E-state index contributed by atoms with van der Waals surface area (Å²) in [5.41, 5.74) is 4.30. The lowest BCUT2D eigenvalue weighted by molar-refractivity contribution is 0.102. The van der Waals surface area contributed by atoms with Crippen LogP contribution in [0.25, 0.3) is 22.2 Å². The summed E-state index contributed by atoms with van der Waals surface area (Å²) in [6.45, 7) is 6.95. The van der Waals surface area contributed by atoms with Gasteiger partial charge >= 0.3 is 0 Å². The van der Waals surface area contributed by atoms with Crippen molar-refractivity contribution in [2.24, 2.45) is 0 Å². The number of rotatable bonds is 3. The molecule has 0 aliphatic carbocycles. The number of pyridine rings is 2. The quantitative estimate of drug-likeness (QED) is 0.557. The first-order chi connectivity index (χ1) is 14.5. The molecule has 8 nitrogen and oxygen atoms in total. The SMILES string of the molecule is Cc1cc(C(=O)Nc2cnc3c(cnn3C(C)C)c2)c2nc3n(c2n1)CCCCC3. The van der Waals surface area contributed by atoms with Gasteiger partial charge in [0.15, 0.2) is 11.3 Å². The number of anilines is 1. The second-order valence-corrected chi connectivity index (χ2v) is 8.25. The smallest absolute Gasteiger partial charge is 0.258 e. The van der Waals surface area contributed by atoms with Crippen LogP contribution in [-0.2, 0) is 13.0 Å². The highest BCUT2D eigenvalue weighted by atomic mass is 16.1. The average molecular weight is 403 g/mol. The van der Waals surface area contributed by atoms with Gasteiger partial charge in [-0.25, -0.2) is 19.6 Å². The van der Waals surface area contributed by atoms with E-state index in [0.29, 0.717) is 16.8 Å². The number of carbonyl (C=O) groups is 1. The molecule has 5 heterocycles. The summed E-state index contributed by atoms with van der Waals surface area (Å²) >= 11 is 0. The maximum absolute atomic E-state index is 13.2. The minimum absolute atomic E-state index is 0.198. The van der Waals surface area contributed by atoms with E-state index in [1.54, 1.807) is 12.4 Å².